The Morgan fingerprint density at radius 3 is 2.44 bits per heavy atom. The molecule has 2 aliphatic heterocycles. The molecule has 2 heterocycles. The molecular formula is C38H42ClN5O7S. The summed E-state index contributed by atoms with van der Waals surface area (Å²) in [5, 5.41) is 6.76. The molecule has 0 aliphatic carbocycles. The first-order chi connectivity index (χ1) is 25.0. The molecule has 0 bridgehead atoms. The Kier molecular flexibility index (Phi) is 13.3. The van der Waals surface area contributed by atoms with E-state index in [9.17, 15) is 19.2 Å². The molecule has 2 aliphatic rings. The summed E-state index contributed by atoms with van der Waals surface area (Å²) in [4.78, 5) is 55.2. The molecule has 0 radical (unpaired) electrons. The summed E-state index contributed by atoms with van der Waals surface area (Å²) in [6.45, 7) is 4.67. The second-order valence-electron chi connectivity index (χ2n) is 12.3. The maximum absolute atomic E-state index is 14.3. The second kappa shape index (κ2) is 18.1. The van der Waals surface area contributed by atoms with E-state index in [1.54, 1.807) is 30.2 Å². The molecule has 2 atom stereocenters. The van der Waals surface area contributed by atoms with Crippen molar-refractivity contribution in [2.24, 2.45) is 5.10 Å². The van der Waals surface area contributed by atoms with E-state index in [0.717, 1.165) is 33.0 Å². The molecule has 3 aromatic rings. The molecule has 2 unspecified atom stereocenters. The topological polar surface area (TPSA) is 139 Å². The van der Waals surface area contributed by atoms with Gasteiger partial charge in [0.25, 0.3) is 11.8 Å². The molecular weight excluding hydrogens is 706 g/mol. The molecule has 52 heavy (non-hydrogen) atoms. The highest BCUT2D eigenvalue weighted by Gasteiger charge is 2.41. The van der Waals surface area contributed by atoms with Crippen molar-refractivity contribution in [3.63, 3.8) is 0 Å². The third-order valence-electron chi connectivity index (χ3n) is 8.59. The Hall–Kier alpha value is -4.85. The van der Waals surface area contributed by atoms with Gasteiger partial charge in [0.2, 0.25) is 5.91 Å². The van der Waals surface area contributed by atoms with Gasteiger partial charge in [-0.05, 0) is 61.0 Å². The number of benzene rings is 3. The monoisotopic (exact) mass is 747 g/mol. The Balaban J connectivity index is 1.20. The van der Waals surface area contributed by atoms with Crippen molar-refractivity contribution < 1.29 is 33.4 Å². The number of carbonyl (C=O) groups excluding carboxylic acids is 4. The lowest BCUT2D eigenvalue weighted by Crippen LogP contribution is -2.45. The summed E-state index contributed by atoms with van der Waals surface area (Å²) < 4.78 is 16.8. The van der Waals surface area contributed by atoms with Crippen molar-refractivity contribution in [2.75, 3.05) is 46.9 Å². The van der Waals surface area contributed by atoms with Gasteiger partial charge in [-0.2, -0.15) is 5.10 Å². The van der Waals surface area contributed by atoms with E-state index in [1.807, 2.05) is 73.5 Å². The second-order valence-corrected chi connectivity index (χ2v) is 13.9. The number of rotatable bonds is 14. The largest absolute Gasteiger partial charge is 0.497 e. The standard InChI is InChI=1S/C38H42ClN5O7S/c1-24-36(26-8-6-5-7-9-26)52-37(27-10-13-29(49-4)14-11-27)35(51-25(2)45)38(48)44(24)21-20-43(3)19-18-40-34(47)23-50-32-16-12-28(22-30(32)39)31-15-17-33(46)42-41-31/h5-14,16,22,35,37H,15,17-21,23H2,1-4H3,(H,40,47)(H,42,46). The number of allylic oxidation sites excluding steroid dienone is 1. The van der Waals surface area contributed by atoms with E-state index in [-0.39, 0.29) is 24.3 Å². The number of hydrazone groups is 1. The number of halogens is 1. The first kappa shape index (κ1) is 38.4. The van der Waals surface area contributed by atoms with Crippen LogP contribution in [0.25, 0.3) is 4.91 Å². The predicted molar refractivity (Wildman–Crippen MR) is 201 cm³/mol. The minimum atomic E-state index is -1.06. The van der Waals surface area contributed by atoms with Gasteiger partial charge in [0.15, 0.2) is 12.7 Å². The normalized spacial score (nSPS) is 17.7. The summed E-state index contributed by atoms with van der Waals surface area (Å²) in [6.07, 6.45) is -0.198. The van der Waals surface area contributed by atoms with Gasteiger partial charge >= 0.3 is 5.97 Å². The van der Waals surface area contributed by atoms with Crippen LogP contribution in [0.3, 0.4) is 0 Å². The van der Waals surface area contributed by atoms with E-state index in [1.165, 1.54) is 18.7 Å². The molecule has 0 saturated heterocycles. The van der Waals surface area contributed by atoms with Gasteiger partial charge < -0.3 is 29.3 Å². The molecule has 0 spiro atoms. The van der Waals surface area contributed by atoms with E-state index in [4.69, 9.17) is 25.8 Å². The Labute approximate surface area is 312 Å². The number of thioether (sulfide) groups is 1. The molecule has 274 valence electrons. The lowest BCUT2D eigenvalue weighted by molar-refractivity contribution is -0.157. The van der Waals surface area contributed by atoms with Crippen LogP contribution in [0.5, 0.6) is 11.5 Å². The summed E-state index contributed by atoms with van der Waals surface area (Å²) in [7, 11) is 3.50. The van der Waals surface area contributed by atoms with Crippen molar-refractivity contribution in [1.29, 1.82) is 0 Å². The molecule has 12 nitrogen and oxygen atoms in total. The Morgan fingerprint density at radius 2 is 1.79 bits per heavy atom. The van der Waals surface area contributed by atoms with Crippen LogP contribution in [0, 0.1) is 0 Å². The molecule has 2 N–H and O–H groups in total. The lowest BCUT2D eigenvalue weighted by Gasteiger charge is -2.29. The quantitative estimate of drug-likeness (QED) is 0.218. The van der Waals surface area contributed by atoms with Crippen LogP contribution in [0.2, 0.25) is 5.02 Å². The van der Waals surface area contributed by atoms with Crippen LogP contribution in [0.1, 0.15) is 48.6 Å². The Morgan fingerprint density at radius 1 is 1.04 bits per heavy atom. The van der Waals surface area contributed by atoms with Crippen molar-refractivity contribution >= 4 is 57.7 Å². The van der Waals surface area contributed by atoms with E-state index < -0.39 is 17.3 Å². The number of nitrogens with one attached hydrogen (secondary N) is 2. The third-order valence-corrected chi connectivity index (χ3v) is 10.4. The number of carbonyl (C=O) groups is 4. The maximum atomic E-state index is 14.3. The molecule has 3 amide bonds. The van der Waals surface area contributed by atoms with Gasteiger partial charge in [-0.25, -0.2) is 5.43 Å². The van der Waals surface area contributed by atoms with Crippen LogP contribution in [0.4, 0.5) is 0 Å². The van der Waals surface area contributed by atoms with Gasteiger partial charge in [0.05, 0.1) is 23.1 Å². The van der Waals surface area contributed by atoms with Crippen molar-refractivity contribution in [2.45, 2.75) is 38.0 Å². The predicted octanol–water partition coefficient (Wildman–Crippen LogP) is 5.03. The summed E-state index contributed by atoms with van der Waals surface area (Å²) in [5.41, 5.74) is 6.50. The fourth-order valence-corrected chi connectivity index (χ4v) is 7.39. The average Bonchev–Trinajstić information content (AvgIpc) is 3.24. The zero-order valence-corrected chi connectivity index (χ0v) is 31.1. The number of hydrogen-bond donors (Lipinski definition) is 2. The minimum Gasteiger partial charge on any atom is -0.497 e. The fraction of sp³-hybridized carbons (Fsp3) is 0.342. The highest BCUT2D eigenvalue weighted by Crippen LogP contribution is 2.48. The maximum Gasteiger partial charge on any atom is 0.303 e. The van der Waals surface area contributed by atoms with Crippen LogP contribution >= 0.6 is 23.4 Å². The van der Waals surface area contributed by atoms with Crippen LogP contribution < -0.4 is 20.2 Å². The van der Waals surface area contributed by atoms with E-state index in [2.05, 4.69) is 15.8 Å². The highest BCUT2D eigenvalue weighted by atomic mass is 35.5. The minimum absolute atomic E-state index is 0.128. The van der Waals surface area contributed by atoms with Crippen LogP contribution in [-0.4, -0.2) is 92.2 Å². The number of likely N-dealkylation sites (N-methyl/N-ethyl adjacent to an activating group) is 1. The Bertz CT molecular complexity index is 1840. The van der Waals surface area contributed by atoms with Crippen molar-refractivity contribution in [3.05, 3.63) is 100 Å². The number of esters is 1. The van der Waals surface area contributed by atoms with Crippen molar-refractivity contribution in [3.8, 4) is 11.5 Å². The SMILES string of the molecule is COc1ccc(C2SC(c3ccccc3)=C(C)N(CCN(C)CCNC(=O)COc3ccc(C4=NNC(=O)CC4)cc3Cl)C(=O)C2OC(C)=O)cc1. The lowest BCUT2D eigenvalue weighted by atomic mass is 10.0. The zero-order chi connectivity index (χ0) is 37.2. The van der Waals surface area contributed by atoms with Crippen LogP contribution in [-0.2, 0) is 23.9 Å². The first-order valence-electron chi connectivity index (χ1n) is 16.8. The number of methoxy groups -OCH3 is 1. The summed E-state index contributed by atoms with van der Waals surface area (Å²) >= 11 is 7.90. The number of hydrogen-bond acceptors (Lipinski definition) is 10. The van der Waals surface area contributed by atoms with E-state index in [0.29, 0.717) is 55.5 Å². The highest BCUT2D eigenvalue weighted by molar-refractivity contribution is 8.08. The summed E-state index contributed by atoms with van der Waals surface area (Å²) in [5.74, 6) is -0.251. The third kappa shape index (κ3) is 9.93. The molecule has 3 aromatic carbocycles. The van der Waals surface area contributed by atoms with Gasteiger partial charge in [-0.15, -0.1) is 11.8 Å². The van der Waals surface area contributed by atoms with Gasteiger partial charge in [-0.3, -0.25) is 19.2 Å². The smallest absolute Gasteiger partial charge is 0.303 e. The van der Waals surface area contributed by atoms with Gasteiger partial charge in [0, 0.05) is 56.5 Å². The number of ether oxygens (including phenoxy) is 3. The van der Waals surface area contributed by atoms with Gasteiger partial charge in [-0.1, -0.05) is 54.1 Å². The number of amides is 3. The van der Waals surface area contributed by atoms with Crippen LogP contribution in [0.15, 0.2) is 83.6 Å². The first-order valence-corrected chi connectivity index (χ1v) is 18.1. The van der Waals surface area contributed by atoms with E-state index >= 15 is 0 Å². The average molecular weight is 748 g/mol. The van der Waals surface area contributed by atoms with Crippen molar-refractivity contribution in [1.82, 2.24) is 20.5 Å². The number of nitrogens with zero attached hydrogens (tertiary/aromatic N) is 3. The molecule has 5 rings (SSSR count). The molecule has 0 aromatic heterocycles. The molecule has 0 fully saturated rings. The molecule has 14 heteroatoms. The molecule has 0 saturated carbocycles. The van der Waals surface area contributed by atoms with Gasteiger partial charge in [0.1, 0.15) is 11.5 Å². The summed E-state index contributed by atoms with van der Waals surface area (Å²) in [6, 6.07) is 22.4. The zero-order valence-electron chi connectivity index (χ0n) is 29.5. The fourth-order valence-electron chi connectivity index (χ4n) is 5.76.